The fraction of sp³-hybridized carbons (Fsp3) is 0.333. The molecule has 0 radical (unpaired) electrons. The first-order valence-electron chi connectivity index (χ1n) is 10.1. The zero-order chi connectivity index (χ0) is 21.5. The number of amides is 1. The van der Waals surface area contributed by atoms with Crippen LogP contribution in [-0.2, 0) is 18.3 Å². The van der Waals surface area contributed by atoms with Crippen LogP contribution < -0.4 is 10.5 Å². The molecule has 0 N–H and O–H groups in total. The van der Waals surface area contributed by atoms with Crippen LogP contribution in [0.3, 0.4) is 0 Å². The Hall–Kier alpha value is -2.91. The quantitative estimate of drug-likeness (QED) is 0.471. The van der Waals surface area contributed by atoms with Gasteiger partial charge in [0.1, 0.15) is 10.5 Å². The Bertz CT molecular complexity index is 1320. The third-order valence-electron chi connectivity index (χ3n) is 5.78. The predicted octanol–water partition coefficient (Wildman–Crippen LogP) is 2.58. The molecule has 160 valence electrons. The molecule has 5 rings (SSSR count). The van der Waals surface area contributed by atoms with Crippen molar-refractivity contribution in [2.45, 2.75) is 12.8 Å². The van der Waals surface area contributed by atoms with Gasteiger partial charge in [-0.25, -0.2) is 0 Å². The van der Waals surface area contributed by atoms with Crippen molar-refractivity contribution in [1.82, 2.24) is 24.1 Å². The highest BCUT2D eigenvalue weighted by atomic mass is 35.5. The number of thiophene rings is 1. The van der Waals surface area contributed by atoms with Crippen molar-refractivity contribution in [3.63, 3.8) is 0 Å². The highest BCUT2D eigenvalue weighted by Crippen LogP contribution is 2.21. The normalized spacial score (nSPS) is 14.6. The Kier molecular flexibility index (Phi) is 5.15. The van der Waals surface area contributed by atoms with Crippen LogP contribution >= 0.6 is 22.9 Å². The highest BCUT2D eigenvalue weighted by molar-refractivity contribution is 7.17. The number of carbonyl (C=O) groups is 1. The van der Waals surface area contributed by atoms with Crippen LogP contribution in [0, 0.1) is 0 Å². The van der Waals surface area contributed by atoms with E-state index >= 15 is 0 Å². The van der Waals surface area contributed by atoms with E-state index in [-0.39, 0.29) is 11.5 Å². The molecule has 0 spiro atoms. The Morgan fingerprint density at radius 3 is 2.58 bits per heavy atom. The predicted molar refractivity (Wildman–Crippen MR) is 122 cm³/mol. The van der Waals surface area contributed by atoms with Crippen LogP contribution in [0.15, 0.2) is 40.5 Å². The molecular formula is C21H21ClN6O2S. The molecule has 1 saturated heterocycles. The number of piperazine rings is 1. The summed E-state index contributed by atoms with van der Waals surface area (Å²) >= 11 is 7.38. The van der Waals surface area contributed by atoms with Crippen LogP contribution in [0.1, 0.15) is 12.2 Å². The van der Waals surface area contributed by atoms with Crippen molar-refractivity contribution in [2.24, 2.45) is 7.05 Å². The fourth-order valence-electron chi connectivity index (χ4n) is 4.06. The number of anilines is 1. The van der Waals surface area contributed by atoms with Crippen LogP contribution in [0.5, 0.6) is 0 Å². The summed E-state index contributed by atoms with van der Waals surface area (Å²) in [5.41, 5.74) is 1.84. The molecule has 0 bridgehead atoms. The summed E-state index contributed by atoms with van der Waals surface area (Å²) in [5.74, 6) is 1.30. The van der Waals surface area contributed by atoms with E-state index in [9.17, 15) is 9.59 Å². The third kappa shape index (κ3) is 3.57. The Morgan fingerprint density at radius 2 is 1.84 bits per heavy atom. The average molecular weight is 457 g/mol. The molecule has 1 aliphatic heterocycles. The first-order valence-corrected chi connectivity index (χ1v) is 11.4. The molecule has 31 heavy (non-hydrogen) atoms. The summed E-state index contributed by atoms with van der Waals surface area (Å²) < 4.78 is 4.06. The number of hydrogen-bond acceptors (Lipinski definition) is 6. The molecule has 0 aliphatic carbocycles. The second kappa shape index (κ2) is 7.97. The minimum absolute atomic E-state index is 0.0777. The second-order valence-corrected chi connectivity index (χ2v) is 8.95. The van der Waals surface area contributed by atoms with Crippen LogP contribution in [0.25, 0.3) is 16.0 Å². The van der Waals surface area contributed by atoms with E-state index < -0.39 is 0 Å². The number of rotatable bonds is 4. The van der Waals surface area contributed by atoms with Gasteiger partial charge in [-0.3, -0.25) is 18.6 Å². The lowest BCUT2D eigenvalue weighted by Crippen LogP contribution is -2.48. The molecule has 0 saturated carbocycles. The van der Waals surface area contributed by atoms with Gasteiger partial charge in [-0.05, 0) is 35.7 Å². The van der Waals surface area contributed by atoms with E-state index in [1.807, 2.05) is 45.0 Å². The molecule has 0 unspecified atom stereocenters. The monoisotopic (exact) mass is 456 g/mol. The van der Waals surface area contributed by atoms with Crippen molar-refractivity contribution < 1.29 is 4.79 Å². The van der Waals surface area contributed by atoms with Crippen molar-refractivity contribution in [1.29, 1.82) is 0 Å². The molecule has 1 aromatic carbocycles. The number of nitrogens with zero attached hydrogens (tertiary/aromatic N) is 6. The minimum Gasteiger partial charge on any atom is -0.368 e. The van der Waals surface area contributed by atoms with Gasteiger partial charge in [-0.15, -0.1) is 21.5 Å². The lowest BCUT2D eigenvalue weighted by atomic mass is 10.2. The number of aryl methyl sites for hydroxylation is 2. The lowest BCUT2D eigenvalue weighted by molar-refractivity contribution is -0.131. The number of hydrogen-bond donors (Lipinski definition) is 0. The lowest BCUT2D eigenvalue weighted by Gasteiger charge is -2.36. The molecular weight excluding hydrogens is 436 g/mol. The molecule has 4 aromatic rings. The van der Waals surface area contributed by atoms with Gasteiger partial charge in [0.25, 0.3) is 5.56 Å². The molecule has 1 fully saturated rings. The van der Waals surface area contributed by atoms with Gasteiger partial charge in [0.05, 0.1) is 5.52 Å². The van der Waals surface area contributed by atoms with Gasteiger partial charge < -0.3 is 9.80 Å². The van der Waals surface area contributed by atoms with Crippen LogP contribution in [0.4, 0.5) is 5.69 Å². The largest absolute Gasteiger partial charge is 0.368 e. The highest BCUT2D eigenvalue weighted by Gasteiger charge is 2.22. The first kappa shape index (κ1) is 20.0. The molecule has 3 aromatic heterocycles. The molecule has 10 heteroatoms. The number of aromatic nitrogens is 4. The van der Waals surface area contributed by atoms with Gasteiger partial charge in [-0.1, -0.05) is 11.6 Å². The van der Waals surface area contributed by atoms with E-state index in [1.54, 1.807) is 7.05 Å². The maximum absolute atomic E-state index is 12.8. The maximum Gasteiger partial charge on any atom is 0.272 e. The van der Waals surface area contributed by atoms with Crippen molar-refractivity contribution in [3.8, 4) is 0 Å². The minimum atomic E-state index is -0.0777. The summed E-state index contributed by atoms with van der Waals surface area (Å²) in [6.45, 7) is 2.95. The summed E-state index contributed by atoms with van der Waals surface area (Å²) in [6, 6.07) is 9.69. The summed E-state index contributed by atoms with van der Waals surface area (Å²) in [5, 5.41) is 11.1. The zero-order valence-corrected chi connectivity index (χ0v) is 18.6. The number of halogens is 1. The number of benzene rings is 1. The number of carbonyl (C=O) groups excluding carboxylic acids is 1. The van der Waals surface area contributed by atoms with Gasteiger partial charge >= 0.3 is 0 Å². The molecule has 1 amide bonds. The van der Waals surface area contributed by atoms with Gasteiger partial charge in [0.15, 0.2) is 0 Å². The van der Waals surface area contributed by atoms with Crippen molar-refractivity contribution in [2.75, 3.05) is 31.1 Å². The fourth-order valence-corrected chi connectivity index (χ4v) is 5.03. The van der Waals surface area contributed by atoms with Gasteiger partial charge in [0, 0.05) is 56.8 Å². The average Bonchev–Trinajstić information content (AvgIpc) is 3.44. The van der Waals surface area contributed by atoms with Crippen molar-refractivity contribution >= 4 is 50.5 Å². The van der Waals surface area contributed by atoms with E-state index in [0.29, 0.717) is 42.2 Å². The summed E-state index contributed by atoms with van der Waals surface area (Å²) in [7, 11) is 1.70. The molecule has 4 heterocycles. The molecule has 0 atom stereocenters. The zero-order valence-electron chi connectivity index (χ0n) is 17.0. The Morgan fingerprint density at radius 1 is 1.10 bits per heavy atom. The summed E-state index contributed by atoms with van der Waals surface area (Å²) in [6.07, 6.45) is 0.830. The Balaban J connectivity index is 1.27. The maximum atomic E-state index is 12.8. The van der Waals surface area contributed by atoms with Crippen molar-refractivity contribution in [3.05, 3.63) is 56.9 Å². The third-order valence-corrected chi connectivity index (χ3v) is 6.93. The second-order valence-electron chi connectivity index (χ2n) is 7.60. The van der Waals surface area contributed by atoms with Gasteiger partial charge in [-0.2, -0.15) is 0 Å². The number of fused-ring (bicyclic) bond motifs is 3. The standard InChI is InChI=1S/C21H21ClN6O2S/c1-25-20(30)19-16(8-13-31-19)28-17(23-24-21(25)28)6-7-18(29)27-11-9-26(10-12-27)15-4-2-14(22)3-5-15/h2-5,8,13H,6-7,9-12H2,1H3. The van der Waals surface area contributed by atoms with Crippen LogP contribution in [-0.4, -0.2) is 56.2 Å². The first-order chi connectivity index (χ1) is 15.0. The smallest absolute Gasteiger partial charge is 0.272 e. The SMILES string of the molecule is Cn1c(=O)c2sccc2n2c(CCC(=O)N3CCN(c4ccc(Cl)cc4)CC3)nnc12. The molecule has 1 aliphatic rings. The van der Waals surface area contributed by atoms with Gasteiger partial charge in [0.2, 0.25) is 11.7 Å². The van der Waals surface area contributed by atoms with Crippen LogP contribution in [0.2, 0.25) is 5.02 Å². The van der Waals surface area contributed by atoms with E-state index in [1.165, 1.54) is 15.9 Å². The van der Waals surface area contributed by atoms with E-state index in [4.69, 9.17) is 11.6 Å². The van der Waals surface area contributed by atoms with E-state index in [2.05, 4.69) is 15.1 Å². The Labute approximate surface area is 187 Å². The van der Waals surface area contributed by atoms with E-state index in [0.717, 1.165) is 29.3 Å². The topological polar surface area (TPSA) is 75.7 Å². The molecule has 8 nitrogen and oxygen atoms in total. The summed E-state index contributed by atoms with van der Waals surface area (Å²) in [4.78, 5) is 29.5.